The molecule has 4 heterocycles. The van der Waals surface area contributed by atoms with Gasteiger partial charge in [-0.2, -0.15) is 0 Å². The first-order chi connectivity index (χ1) is 13.0. The Labute approximate surface area is 162 Å². The first-order valence-electron chi connectivity index (χ1n) is 9.32. The molecule has 5 atom stereocenters. The quantitative estimate of drug-likeness (QED) is 0.637. The maximum absolute atomic E-state index is 12.7. The van der Waals surface area contributed by atoms with Crippen LogP contribution in [0.2, 0.25) is 0 Å². The molecule has 0 aromatic rings. The van der Waals surface area contributed by atoms with Crippen molar-refractivity contribution in [2.45, 2.75) is 76.9 Å². The molecule has 4 aliphatic heterocycles. The first kappa shape index (κ1) is 19.8. The monoisotopic (exact) mass is 402 g/mol. The summed E-state index contributed by atoms with van der Waals surface area (Å²) in [6.45, 7) is 8.86. The summed E-state index contributed by atoms with van der Waals surface area (Å²) < 4.78 is 44.7. The number of carbonyl (C=O) groups is 2. The van der Waals surface area contributed by atoms with E-state index < -0.39 is 59.8 Å². The van der Waals surface area contributed by atoms with E-state index in [2.05, 4.69) is 0 Å². The van der Waals surface area contributed by atoms with E-state index in [0.717, 1.165) is 0 Å². The zero-order valence-corrected chi connectivity index (χ0v) is 16.6. The lowest BCUT2D eigenvalue weighted by atomic mass is 9.92. The Hall–Kier alpha value is -1.46. The summed E-state index contributed by atoms with van der Waals surface area (Å²) >= 11 is 0. The van der Waals surface area contributed by atoms with Gasteiger partial charge in [0.2, 0.25) is 6.29 Å². The standard InChI is InChI=1S/C18H26O10/c1-16(2)23-6-9(26-16)10-11-12(28-17(3,4)27-11)13(24-10)25-14(19)18(5)7-21-15(20)22-8-18/h9-13H,6-8H2,1-5H3/t9-,10+,11-,12-,13+/m0/s1. The summed E-state index contributed by atoms with van der Waals surface area (Å²) in [5.41, 5.74) is -1.13. The van der Waals surface area contributed by atoms with Gasteiger partial charge in [0.15, 0.2) is 17.7 Å². The summed E-state index contributed by atoms with van der Waals surface area (Å²) in [4.78, 5) is 23.8. The molecule has 0 aromatic heterocycles. The molecule has 0 radical (unpaired) electrons. The molecule has 0 unspecified atom stereocenters. The molecule has 4 aliphatic rings. The van der Waals surface area contributed by atoms with Crippen molar-refractivity contribution >= 4 is 12.1 Å². The molecular formula is C18H26O10. The van der Waals surface area contributed by atoms with Crippen LogP contribution in [0.3, 0.4) is 0 Å². The third-order valence-electron chi connectivity index (χ3n) is 5.18. The van der Waals surface area contributed by atoms with Gasteiger partial charge in [-0.05, 0) is 34.6 Å². The predicted molar refractivity (Wildman–Crippen MR) is 88.9 cm³/mol. The highest BCUT2D eigenvalue weighted by atomic mass is 16.8. The van der Waals surface area contributed by atoms with Gasteiger partial charge in [-0.25, -0.2) is 4.79 Å². The third-order valence-corrected chi connectivity index (χ3v) is 5.18. The van der Waals surface area contributed by atoms with Crippen LogP contribution in [0.25, 0.3) is 0 Å². The van der Waals surface area contributed by atoms with Crippen molar-refractivity contribution in [3.8, 4) is 0 Å². The van der Waals surface area contributed by atoms with E-state index in [0.29, 0.717) is 6.61 Å². The van der Waals surface area contributed by atoms with E-state index in [4.69, 9.17) is 37.9 Å². The number of hydrogen-bond acceptors (Lipinski definition) is 10. The van der Waals surface area contributed by atoms with Crippen molar-refractivity contribution in [3.05, 3.63) is 0 Å². The van der Waals surface area contributed by atoms with E-state index in [9.17, 15) is 9.59 Å². The molecule has 28 heavy (non-hydrogen) atoms. The Kier molecular flexibility index (Phi) is 4.63. The number of carbonyl (C=O) groups excluding carboxylic acids is 2. The number of cyclic esters (lactones) is 2. The molecule has 158 valence electrons. The van der Waals surface area contributed by atoms with Crippen LogP contribution >= 0.6 is 0 Å². The fraction of sp³-hybridized carbons (Fsp3) is 0.889. The van der Waals surface area contributed by atoms with Crippen molar-refractivity contribution < 1.29 is 47.5 Å². The van der Waals surface area contributed by atoms with E-state index in [1.165, 1.54) is 0 Å². The van der Waals surface area contributed by atoms with Gasteiger partial charge in [-0.1, -0.05) is 0 Å². The summed E-state index contributed by atoms with van der Waals surface area (Å²) in [7, 11) is 0. The Bertz CT molecular complexity index is 649. The van der Waals surface area contributed by atoms with Gasteiger partial charge < -0.3 is 37.9 Å². The Morgan fingerprint density at radius 3 is 2.18 bits per heavy atom. The summed E-state index contributed by atoms with van der Waals surface area (Å²) in [5.74, 6) is -2.20. The zero-order chi connectivity index (χ0) is 20.3. The molecule has 0 aromatic carbocycles. The van der Waals surface area contributed by atoms with E-state index in [1.807, 2.05) is 13.8 Å². The topological polar surface area (TPSA) is 108 Å². The molecule has 4 rings (SSSR count). The van der Waals surface area contributed by atoms with Crippen LogP contribution in [0.4, 0.5) is 4.79 Å². The second-order valence-corrected chi connectivity index (χ2v) is 8.69. The van der Waals surface area contributed by atoms with Gasteiger partial charge in [-0.3, -0.25) is 4.79 Å². The molecule has 4 saturated heterocycles. The maximum Gasteiger partial charge on any atom is 0.508 e. The van der Waals surface area contributed by atoms with Gasteiger partial charge in [-0.15, -0.1) is 0 Å². The lowest BCUT2D eigenvalue weighted by Gasteiger charge is -2.32. The zero-order valence-electron chi connectivity index (χ0n) is 16.6. The van der Waals surface area contributed by atoms with Gasteiger partial charge in [0.05, 0.1) is 6.61 Å². The molecule has 0 spiro atoms. The minimum Gasteiger partial charge on any atom is -0.433 e. The summed E-state index contributed by atoms with van der Waals surface area (Å²) in [5, 5.41) is 0. The molecule has 0 amide bonds. The van der Waals surface area contributed by atoms with Crippen LogP contribution in [0.15, 0.2) is 0 Å². The fourth-order valence-corrected chi connectivity index (χ4v) is 3.75. The molecular weight excluding hydrogens is 376 g/mol. The van der Waals surface area contributed by atoms with Gasteiger partial charge in [0.1, 0.15) is 36.9 Å². The molecule has 0 N–H and O–H groups in total. The lowest BCUT2D eigenvalue weighted by Crippen LogP contribution is -2.46. The lowest BCUT2D eigenvalue weighted by molar-refractivity contribution is -0.249. The highest BCUT2D eigenvalue weighted by Crippen LogP contribution is 2.43. The SMILES string of the molecule is CC1(C)O[C@@H]2[C@H](O1)[C@@H](OC(=O)C1(C)COC(=O)OC1)O[C@@H]2[C@@H]1COC(C)(C)O1. The van der Waals surface area contributed by atoms with Crippen LogP contribution in [-0.4, -0.2) is 74.2 Å². The Morgan fingerprint density at radius 2 is 1.57 bits per heavy atom. The molecule has 0 bridgehead atoms. The van der Waals surface area contributed by atoms with Gasteiger partial charge >= 0.3 is 12.1 Å². The van der Waals surface area contributed by atoms with Gasteiger partial charge in [0, 0.05) is 0 Å². The normalized spacial score (nSPS) is 40.5. The smallest absolute Gasteiger partial charge is 0.433 e. The average molecular weight is 402 g/mol. The number of esters is 1. The van der Waals surface area contributed by atoms with Crippen LogP contribution in [-0.2, 0) is 42.7 Å². The van der Waals surface area contributed by atoms with E-state index in [-0.39, 0.29) is 13.2 Å². The summed E-state index contributed by atoms with van der Waals surface area (Å²) in [6, 6.07) is 0. The molecule has 0 aliphatic carbocycles. The number of rotatable bonds is 3. The number of fused-ring (bicyclic) bond motifs is 1. The number of ether oxygens (including phenoxy) is 8. The maximum atomic E-state index is 12.7. The number of hydrogen-bond donors (Lipinski definition) is 0. The largest absolute Gasteiger partial charge is 0.508 e. The third kappa shape index (κ3) is 3.59. The van der Waals surface area contributed by atoms with Crippen LogP contribution in [0, 0.1) is 5.41 Å². The molecule has 10 nitrogen and oxygen atoms in total. The van der Waals surface area contributed by atoms with Crippen LogP contribution < -0.4 is 0 Å². The fourth-order valence-electron chi connectivity index (χ4n) is 3.75. The molecule has 10 heteroatoms. The van der Waals surface area contributed by atoms with Crippen molar-refractivity contribution in [2.24, 2.45) is 5.41 Å². The second-order valence-electron chi connectivity index (χ2n) is 8.69. The molecule has 0 saturated carbocycles. The predicted octanol–water partition coefficient (Wildman–Crippen LogP) is 1.10. The highest BCUT2D eigenvalue weighted by Gasteiger charge is 2.61. The first-order valence-corrected chi connectivity index (χ1v) is 9.32. The van der Waals surface area contributed by atoms with Crippen LogP contribution in [0.1, 0.15) is 34.6 Å². The minimum atomic E-state index is -1.13. The Balaban J connectivity index is 1.48. The van der Waals surface area contributed by atoms with E-state index >= 15 is 0 Å². The second kappa shape index (κ2) is 6.53. The van der Waals surface area contributed by atoms with Crippen molar-refractivity contribution in [1.29, 1.82) is 0 Å². The van der Waals surface area contributed by atoms with Gasteiger partial charge in [0.25, 0.3) is 0 Å². The average Bonchev–Trinajstić information content (AvgIpc) is 3.21. The summed E-state index contributed by atoms with van der Waals surface area (Å²) in [6.07, 6.45) is -3.82. The molecule has 4 fully saturated rings. The Morgan fingerprint density at radius 1 is 0.929 bits per heavy atom. The minimum absolute atomic E-state index is 0.133. The van der Waals surface area contributed by atoms with Crippen molar-refractivity contribution in [1.82, 2.24) is 0 Å². The highest BCUT2D eigenvalue weighted by molar-refractivity contribution is 5.78. The van der Waals surface area contributed by atoms with E-state index in [1.54, 1.807) is 20.8 Å². The van der Waals surface area contributed by atoms with Crippen molar-refractivity contribution in [3.63, 3.8) is 0 Å². The van der Waals surface area contributed by atoms with Crippen LogP contribution in [0.5, 0.6) is 0 Å². The van der Waals surface area contributed by atoms with Crippen molar-refractivity contribution in [2.75, 3.05) is 19.8 Å².